The van der Waals surface area contributed by atoms with Crippen molar-refractivity contribution in [1.29, 1.82) is 10.5 Å². The molecule has 34 heavy (non-hydrogen) atoms. The van der Waals surface area contributed by atoms with Gasteiger partial charge in [0.05, 0.1) is 11.6 Å². The van der Waals surface area contributed by atoms with Gasteiger partial charge in [0.2, 0.25) is 5.88 Å². The topological polar surface area (TPSA) is 97.9 Å². The molecular weight excluding hydrogens is 462 g/mol. The first-order valence-electron chi connectivity index (χ1n) is 11.2. The van der Waals surface area contributed by atoms with Crippen molar-refractivity contribution >= 4 is 17.4 Å². The average Bonchev–Trinajstić information content (AvgIpc) is 3.55. The fourth-order valence-electron chi connectivity index (χ4n) is 4.53. The minimum atomic E-state index is -2.63. The molecule has 3 heterocycles. The molecule has 0 unspecified atom stereocenters. The van der Waals surface area contributed by atoms with Crippen LogP contribution in [-0.2, 0) is 19.5 Å². The van der Waals surface area contributed by atoms with Crippen molar-refractivity contribution in [2.45, 2.75) is 69.7 Å². The molecule has 0 amide bonds. The van der Waals surface area contributed by atoms with Crippen LogP contribution < -0.4 is 10.1 Å². The van der Waals surface area contributed by atoms with Gasteiger partial charge in [-0.25, -0.2) is 18.7 Å². The molecule has 0 bridgehead atoms. The van der Waals surface area contributed by atoms with Crippen LogP contribution in [-0.4, -0.2) is 39.0 Å². The lowest BCUT2D eigenvalue weighted by Crippen LogP contribution is -2.43. The second-order valence-electron chi connectivity index (χ2n) is 9.37. The molecule has 2 saturated carbocycles. The smallest absolute Gasteiger partial charge is 0.255 e. The summed E-state index contributed by atoms with van der Waals surface area (Å²) < 4.78 is 31.7. The van der Waals surface area contributed by atoms with Gasteiger partial charge in [0.25, 0.3) is 5.92 Å². The number of aryl methyl sites for hydroxylation is 1. The molecular formula is C24H23ClF2N6O. The van der Waals surface area contributed by atoms with E-state index in [2.05, 4.69) is 32.3 Å². The highest BCUT2D eigenvalue weighted by molar-refractivity contribution is 6.30. The van der Waals surface area contributed by atoms with E-state index in [-0.39, 0.29) is 18.0 Å². The number of ether oxygens (including phenoxy) is 1. The number of nitrogens with one attached hydrogen (secondary N) is 1. The third-order valence-electron chi connectivity index (χ3n) is 6.77. The molecule has 0 radical (unpaired) electrons. The summed E-state index contributed by atoms with van der Waals surface area (Å²) in [5, 5.41) is 22.5. The van der Waals surface area contributed by atoms with Gasteiger partial charge in [0, 0.05) is 49.8 Å². The van der Waals surface area contributed by atoms with Gasteiger partial charge in [0.1, 0.15) is 28.7 Å². The van der Waals surface area contributed by atoms with Crippen LogP contribution in [0.4, 0.5) is 14.6 Å². The van der Waals surface area contributed by atoms with E-state index in [1.165, 1.54) is 0 Å². The highest BCUT2D eigenvalue weighted by Gasteiger charge is 2.47. The molecule has 0 saturated heterocycles. The summed E-state index contributed by atoms with van der Waals surface area (Å²) >= 11 is 6.30. The van der Waals surface area contributed by atoms with Crippen molar-refractivity contribution < 1.29 is 13.5 Å². The van der Waals surface area contributed by atoms with E-state index in [1.807, 2.05) is 13.0 Å². The van der Waals surface area contributed by atoms with E-state index in [1.54, 1.807) is 6.07 Å². The summed E-state index contributed by atoms with van der Waals surface area (Å²) in [6, 6.07) is 8.13. The van der Waals surface area contributed by atoms with Gasteiger partial charge in [-0.3, -0.25) is 4.90 Å². The molecule has 176 valence electrons. The Morgan fingerprint density at radius 1 is 1.24 bits per heavy atom. The first kappa shape index (κ1) is 22.8. The van der Waals surface area contributed by atoms with E-state index < -0.39 is 17.6 Å². The van der Waals surface area contributed by atoms with Crippen molar-refractivity contribution in [1.82, 2.24) is 14.9 Å². The number of aromatic nitrogens is 2. The Labute approximate surface area is 201 Å². The average molecular weight is 485 g/mol. The minimum absolute atomic E-state index is 0.158. The number of alkyl halides is 2. The SMILES string of the molecule is Cc1nc(OC2CC(F)(F)C2)ccc1CN1CCc2c(C#N)c(Cl)nc(NC3(C#N)CC3)c2C1. The Bertz CT molecular complexity index is 1230. The maximum absolute atomic E-state index is 13.1. The quantitative estimate of drug-likeness (QED) is 0.602. The van der Waals surface area contributed by atoms with E-state index in [9.17, 15) is 19.3 Å². The van der Waals surface area contributed by atoms with Crippen LogP contribution in [0.15, 0.2) is 12.1 Å². The molecule has 7 nitrogen and oxygen atoms in total. The van der Waals surface area contributed by atoms with Crippen LogP contribution in [0.2, 0.25) is 5.15 Å². The fraction of sp³-hybridized carbons (Fsp3) is 0.500. The zero-order chi connectivity index (χ0) is 24.1. The Morgan fingerprint density at radius 3 is 2.62 bits per heavy atom. The van der Waals surface area contributed by atoms with Crippen molar-refractivity contribution in [3.63, 3.8) is 0 Å². The second kappa shape index (κ2) is 8.33. The molecule has 2 aliphatic carbocycles. The maximum atomic E-state index is 13.1. The molecule has 2 fully saturated rings. The summed E-state index contributed by atoms with van der Waals surface area (Å²) in [6.45, 7) is 3.77. The first-order valence-corrected chi connectivity index (χ1v) is 11.6. The van der Waals surface area contributed by atoms with Crippen molar-refractivity contribution in [2.24, 2.45) is 0 Å². The zero-order valence-corrected chi connectivity index (χ0v) is 19.4. The third-order valence-corrected chi connectivity index (χ3v) is 7.04. The van der Waals surface area contributed by atoms with Crippen LogP contribution in [0.5, 0.6) is 5.88 Å². The predicted octanol–water partition coefficient (Wildman–Crippen LogP) is 4.51. The van der Waals surface area contributed by atoms with Gasteiger partial charge in [-0.1, -0.05) is 17.7 Å². The Kier molecular flexibility index (Phi) is 5.58. The fourth-order valence-corrected chi connectivity index (χ4v) is 4.77. The molecule has 3 aliphatic rings. The number of halogens is 3. The molecule has 0 spiro atoms. The van der Waals surface area contributed by atoms with Crippen LogP contribution in [0, 0.1) is 29.6 Å². The first-order chi connectivity index (χ1) is 16.2. The van der Waals surface area contributed by atoms with Crippen LogP contribution >= 0.6 is 11.6 Å². The van der Waals surface area contributed by atoms with E-state index in [0.29, 0.717) is 36.8 Å². The zero-order valence-electron chi connectivity index (χ0n) is 18.7. The number of fused-ring (bicyclic) bond motifs is 1. The molecule has 5 rings (SSSR count). The van der Waals surface area contributed by atoms with Gasteiger partial charge >= 0.3 is 0 Å². The number of anilines is 1. The molecule has 2 aromatic rings. The predicted molar refractivity (Wildman–Crippen MR) is 121 cm³/mol. The number of hydrogen-bond acceptors (Lipinski definition) is 7. The maximum Gasteiger partial charge on any atom is 0.255 e. The molecule has 10 heteroatoms. The molecule has 2 aromatic heterocycles. The Balaban J connectivity index is 1.33. The molecule has 0 aromatic carbocycles. The van der Waals surface area contributed by atoms with Gasteiger partial charge in [-0.05, 0) is 37.3 Å². The summed E-state index contributed by atoms with van der Waals surface area (Å²) in [6.07, 6.45) is 1.11. The summed E-state index contributed by atoms with van der Waals surface area (Å²) in [4.78, 5) is 11.1. The number of rotatable bonds is 6. The highest BCUT2D eigenvalue weighted by atomic mass is 35.5. The van der Waals surface area contributed by atoms with Gasteiger partial charge < -0.3 is 10.1 Å². The standard InChI is InChI=1S/C24H23ClF2N6O/c1-14-15(2-3-20(30-14)34-16-8-24(26,27)9-16)11-33-7-4-17-18(10-28)21(25)31-22(19(17)12-33)32-23(13-29)5-6-23/h2-3,16H,4-9,11-12H2,1H3,(H,31,32). The third kappa shape index (κ3) is 4.38. The van der Waals surface area contributed by atoms with E-state index in [4.69, 9.17) is 16.3 Å². The summed E-state index contributed by atoms with van der Waals surface area (Å²) in [7, 11) is 0. The van der Waals surface area contributed by atoms with Crippen LogP contribution in [0.1, 0.15) is 53.6 Å². The molecule has 1 aliphatic heterocycles. The Morgan fingerprint density at radius 2 is 2.00 bits per heavy atom. The lowest BCUT2D eigenvalue weighted by Gasteiger charge is -2.34. The van der Waals surface area contributed by atoms with E-state index >= 15 is 0 Å². The highest BCUT2D eigenvalue weighted by Crippen LogP contribution is 2.41. The van der Waals surface area contributed by atoms with Gasteiger partial charge in [0.15, 0.2) is 0 Å². The van der Waals surface area contributed by atoms with Crippen molar-refractivity contribution in [2.75, 3.05) is 11.9 Å². The molecule has 0 atom stereocenters. The second-order valence-corrected chi connectivity index (χ2v) is 9.73. The molecule has 1 N–H and O–H groups in total. The number of hydrogen-bond donors (Lipinski definition) is 1. The number of pyridine rings is 2. The summed E-state index contributed by atoms with van der Waals surface area (Å²) in [5.41, 5.74) is 3.34. The monoisotopic (exact) mass is 484 g/mol. The van der Waals surface area contributed by atoms with Crippen molar-refractivity contribution in [3.05, 3.63) is 45.2 Å². The Hall–Kier alpha value is -3.01. The lowest BCUT2D eigenvalue weighted by atomic mass is 9.91. The largest absolute Gasteiger partial charge is 0.474 e. The van der Waals surface area contributed by atoms with Crippen LogP contribution in [0.3, 0.4) is 0 Å². The number of nitriles is 2. The van der Waals surface area contributed by atoms with Crippen molar-refractivity contribution in [3.8, 4) is 18.0 Å². The number of nitrogens with zero attached hydrogens (tertiary/aromatic N) is 5. The normalized spacial score (nSPS) is 20.4. The van der Waals surface area contributed by atoms with E-state index in [0.717, 1.165) is 41.8 Å². The summed E-state index contributed by atoms with van der Waals surface area (Å²) in [5.74, 6) is -1.70. The minimum Gasteiger partial charge on any atom is -0.474 e. The van der Waals surface area contributed by atoms with Crippen LogP contribution in [0.25, 0.3) is 0 Å². The van der Waals surface area contributed by atoms with Gasteiger partial charge in [-0.15, -0.1) is 0 Å². The van der Waals surface area contributed by atoms with Gasteiger partial charge in [-0.2, -0.15) is 10.5 Å². The lowest BCUT2D eigenvalue weighted by molar-refractivity contribution is -0.135.